The lowest BCUT2D eigenvalue weighted by molar-refractivity contribution is -0.384. The van der Waals surface area contributed by atoms with Crippen molar-refractivity contribution in [2.24, 2.45) is 0 Å². The van der Waals surface area contributed by atoms with Crippen LogP contribution in [0.15, 0.2) is 24.3 Å². The molecule has 1 aromatic rings. The van der Waals surface area contributed by atoms with Gasteiger partial charge in [-0.15, -0.1) is 0 Å². The number of hydrogen-bond donors (Lipinski definition) is 7. The van der Waals surface area contributed by atoms with Gasteiger partial charge in [0.1, 0.15) is 54.6 Å². The van der Waals surface area contributed by atoms with Gasteiger partial charge in [-0.1, -0.05) is 0 Å². The van der Waals surface area contributed by atoms with Crippen LogP contribution in [0.4, 0.5) is 5.69 Å². The van der Waals surface area contributed by atoms with E-state index in [0.717, 1.165) is 12.1 Å². The Balaban J connectivity index is 1.70. The number of nitro benzene ring substituents is 1. The summed E-state index contributed by atoms with van der Waals surface area (Å²) in [6.45, 7) is -1.42. The zero-order chi connectivity index (χ0) is 23.6. The van der Waals surface area contributed by atoms with Crippen molar-refractivity contribution in [1.82, 2.24) is 0 Å². The van der Waals surface area contributed by atoms with Gasteiger partial charge in [-0.05, 0) is 12.1 Å². The highest BCUT2D eigenvalue weighted by Gasteiger charge is 2.51. The van der Waals surface area contributed by atoms with Crippen LogP contribution in [0.5, 0.6) is 5.75 Å². The molecule has 7 N–H and O–H groups in total. The van der Waals surface area contributed by atoms with Gasteiger partial charge in [-0.3, -0.25) is 10.1 Å². The summed E-state index contributed by atoms with van der Waals surface area (Å²) in [5.74, 6) is 0.0804. The number of aliphatic hydroxyl groups excluding tert-OH is 7. The Hall–Kier alpha value is -1.98. The topological polar surface area (TPSA) is 222 Å². The first-order chi connectivity index (χ1) is 15.2. The van der Waals surface area contributed by atoms with Crippen molar-refractivity contribution in [3.05, 3.63) is 34.4 Å². The quantitative estimate of drug-likeness (QED) is 0.155. The largest absolute Gasteiger partial charge is 0.462 e. The SMILES string of the molecule is O=[N+]([O-])c1ccc(O[C@@H]2OC(CO)[C@@H](O[C@@H]3OC(CO)[C@H](O)C(O)C3O)C(O)C2O)cc1. The van der Waals surface area contributed by atoms with Crippen LogP contribution in [0.25, 0.3) is 0 Å². The van der Waals surface area contributed by atoms with E-state index in [2.05, 4.69) is 0 Å². The third-order valence-corrected chi connectivity index (χ3v) is 5.26. The molecule has 2 aliphatic heterocycles. The molecule has 2 heterocycles. The van der Waals surface area contributed by atoms with Crippen LogP contribution in [-0.2, 0) is 14.2 Å². The second kappa shape index (κ2) is 10.3. The van der Waals surface area contributed by atoms with Gasteiger partial charge in [-0.25, -0.2) is 0 Å². The van der Waals surface area contributed by atoms with Gasteiger partial charge in [0.25, 0.3) is 5.69 Å². The van der Waals surface area contributed by atoms with Crippen LogP contribution in [0.2, 0.25) is 0 Å². The average molecular weight is 463 g/mol. The molecule has 2 saturated heterocycles. The lowest BCUT2D eigenvalue weighted by Crippen LogP contribution is -2.65. The van der Waals surface area contributed by atoms with Crippen LogP contribution < -0.4 is 4.74 Å². The lowest BCUT2D eigenvalue weighted by Gasteiger charge is -2.45. The molecule has 32 heavy (non-hydrogen) atoms. The number of hydrogen-bond acceptors (Lipinski definition) is 13. The molecule has 6 unspecified atom stereocenters. The molecule has 1 aromatic carbocycles. The summed E-state index contributed by atoms with van der Waals surface area (Å²) in [5, 5.41) is 80.4. The Kier molecular flexibility index (Phi) is 7.94. The Labute approximate surface area is 180 Å². The molecule has 3 rings (SSSR count). The predicted molar refractivity (Wildman–Crippen MR) is 100 cm³/mol. The second-order valence-corrected chi connectivity index (χ2v) is 7.37. The standard InChI is InChI=1S/C18H25NO13/c20-5-9-11(22)12(23)14(25)18(30-9)32-16-10(6-21)31-17(15(26)13(16)24)29-8-3-1-7(2-4-8)19(27)28/h1-4,9-18,20-26H,5-6H2/t9?,10?,11-,12?,13?,14?,15?,16+,17+,18-/m0/s1. The second-order valence-electron chi connectivity index (χ2n) is 7.37. The average Bonchev–Trinajstić information content (AvgIpc) is 2.79. The van der Waals surface area contributed by atoms with Crippen LogP contribution >= 0.6 is 0 Å². The Bertz CT molecular complexity index is 760. The minimum absolute atomic E-state index is 0.0804. The lowest BCUT2D eigenvalue weighted by atomic mass is 9.97. The van der Waals surface area contributed by atoms with Gasteiger partial charge in [0.15, 0.2) is 6.29 Å². The van der Waals surface area contributed by atoms with Crippen molar-refractivity contribution in [2.45, 2.75) is 61.4 Å². The van der Waals surface area contributed by atoms with E-state index in [1.807, 2.05) is 0 Å². The number of non-ortho nitro benzene ring substituents is 1. The van der Waals surface area contributed by atoms with Crippen molar-refractivity contribution in [2.75, 3.05) is 13.2 Å². The van der Waals surface area contributed by atoms with Crippen LogP contribution in [0.1, 0.15) is 0 Å². The number of aliphatic hydroxyl groups is 7. The summed E-state index contributed by atoms with van der Waals surface area (Å²) >= 11 is 0. The molecule has 2 fully saturated rings. The van der Waals surface area contributed by atoms with Gasteiger partial charge in [0.05, 0.1) is 18.1 Å². The van der Waals surface area contributed by atoms with Crippen LogP contribution in [0.3, 0.4) is 0 Å². The molecule has 14 heteroatoms. The molecule has 0 aromatic heterocycles. The zero-order valence-corrected chi connectivity index (χ0v) is 16.5. The Morgan fingerprint density at radius 3 is 1.94 bits per heavy atom. The Morgan fingerprint density at radius 1 is 0.812 bits per heavy atom. The van der Waals surface area contributed by atoms with Crippen molar-refractivity contribution >= 4 is 5.69 Å². The molecule has 0 bridgehead atoms. The van der Waals surface area contributed by atoms with E-state index in [1.54, 1.807) is 0 Å². The van der Waals surface area contributed by atoms with Gasteiger partial charge >= 0.3 is 0 Å². The van der Waals surface area contributed by atoms with Crippen molar-refractivity contribution in [1.29, 1.82) is 0 Å². The summed E-state index contributed by atoms with van der Waals surface area (Å²) in [5.41, 5.74) is -0.191. The highest BCUT2D eigenvalue weighted by atomic mass is 16.7. The van der Waals surface area contributed by atoms with E-state index in [4.69, 9.17) is 18.9 Å². The number of ether oxygens (including phenoxy) is 4. The monoisotopic (exact) mass is 463 g/mol. The summed E-state index contributed by atoms with van der Waals surface area (Å²) < 4.78 is 21.5. The van der Waals surface area contributed by atoms with Crippen LogP contribution in [-0.4, -0.2) is 115 Å². The van der Waals surface area contributed by atoms with E-state index in [1.165, 1.54) is 12.1 Å². The number of benzene rings is 1. The van der Waals surface area contributed by atoms with E-state index < -0.39 is 79.5 Å². The van der Waals surface area contributed by atoms with Gasteiger partial charge in [-0.2, -0.15) is 0 Å². The zero-order valence-electron chi connectivity index (χ0n) is 16.5. The molecular weight excluding hydrogens is 438 g/mol. The van der Waals surface area contributed by atoms with E-state index in [9.17, 15) is 45.9 Å². The molecule has 0 aliphatic carbocycles. The maximum atomic E-state index is 10.7. The van der Waals surface area contributed by atoms with Crippen molar-refractivity contribution in [3.63, 3.8) is 0 Å². The fourth-order valence-electron chi connectivity index (χ4n) is 3.43. The molecule has 0 spiro atoms. The minimum Gasteiger partial charge on any atom is -0.462 e. The van der Waals surface area contributed by atoms with E-state index in [0.29, 0.717) is 0 Å². The smallest absolute Gasteiger partial charge is 0.269 e. The first-order valence-corrected chi connectivity index (χ1v) is 9.67. The van der Waals surface area contributed by atoms with Crippen molar-refractivity contribution in [3.8, 4) is 5.75 Å². The van der Waals surface area contributed by atoms with E-state index in [-0.39, 0.29) is 11.4 Å². The molecule has 0 radical (unpaired) electrons. The number of rotatable bonds is 7. The third kappa shape index (κ3) is 4.99. The highest BCUT2D eigenvalue weighted by Crippen LogP contribution is 2.30. The molecule has 0 saturated carbocycles. The first kappa shape index (κ1) is 24.7. The molecule has 14 nitrogen and oxygen atoms in total. The van der Waals surface area contributed by atoms with Crippen LogP contribution in [0, 0.1) is 10.1 Å². The normalized spacial score (nSPS) is 40.1. The van der Waals surface area contributed by atoms with Gasteiger partial charge < -0.3 is 54.7 Å². The predicted octanol–water partition coefficient (Wildman–Crippen LogP) is -3.40. The minimum atomic E-state index is -1.77. The molecular formula is C18H25NO13. The summed E-state index contributed by atoms with van der Waals surface area (Å²) in [6, 6.07) is 4.83. The Morgan fingerprint density at radius 2 is 1.38 bits per heavy atom. The number of nitrogens with zero attached hydrogens (tertiary/aromatic N) is 1. The summed E-state index contributed by atoms with van der Waals surface area (Å²) in [6.07, 6.45) is -15.7. The maximum absolute atomic E-state index is 10.7. The van der Waals surface area contributed by atoms with E-state index >= 15 is 0 Å². The molecule has 180 valence electrons. The fraction of sp³-hybridized carbons (Fsp3) is 0.667. The van der Waals surface area contributed by atoms with Gasteiger partial charge in [0, 0.05) is 12.1 Å². The summed E-state index contributed by atoms with van der Waals surface area (Å²) in [7, 11) is 0. The fourth-order valence-corrected chi connectivity index (χ4v) is 3.43. The molecule has 10 atom stereocenters. The molecule has 2 aliphatic rings. The number of nitro groups is 1. The summed E-state index contributed by atoms with van der Waals surface area (Å²) in [4.78, 5) is 10.1. The third-order valence-electron chi connectivity index (χ3n) is 5.26. The first-order valence-electron chi connectivity index (χ1n) is 9.67. The van der Waals surface area contributed by atoms with Crippen molar-refractivity contribution < 1.29 is 59.6 Å². The van der Waals surface area contributed by atoms with Gasteiger partial charge in [0.2, 0.25) is 6.29 Å². The maximum Gasteiger partial charge on any atom is 0.269 e. The highest BCUT2D eigenvalue weighted by molar-refractivity contribution is 5.36. The molecule has 0 amide bonds.